The van der Waals surface area contributed by atoms with Crippen LogP contribution >= 0.6 is 0 Å². The fourth-order valence-electron chi connectivity index (χ4n) is 1.98. The number of benzene rings is 1. The van der Waals surface area contributed by atoms with E-state index in [1.807, 2.05) is 32.0 Å². The van der Waals surface area contributed by atoms with Gasteiger partial charge in [-0.15, -0.1) is 0 Å². The number of nitrogens with two attached hydrogens (primary N) is 1. The molecule has 0 fully saturated rings. The molecule has 1 aromatic heterocycles. The minimum atomic E-state index is 0.492. The number of nitrogens with zero attached hydrogens (tertiary/aromatic N) is 2. The van der Waals surface area contributed by atoms with Gasteiger partial charge in [0.2, 0.25) is 0 Å². The SMILES string of the molecule is Cc1ccccc1-c1nc(C)c(CN)c(C)n1. The Morgan fingerprint density at radius 3 is 2.12 bits per heavy atom. The Morgan fingerprint density at radius 2 is 1.59 bits per heavy atom. The van der Waals surface area contributed by atoms with Crippen LogP contribution < -0.4 is 5.73 Å². The van der Waals surface area contributed by atoms with Crippen molar-refractivity contribution in [3.05, 3.63) is 46.8 Å². The van der Waals surface area contributed by atoms with Crippen molar-refractivity contribution < 1.29 is 0 Å². The van der Waals surface area contributed by atoms with Crippen LogP contribution in [-0.2, 0) is 6.54 Å². The second-order valence-electron chi connectivity index (χ2n) is 4.22. The number of hydrogen-bond acceptors (Lipinski definition) is 3. The topological polar surface area (TPSA) is 51.8 Å². The van der Waals surface area contributed by atoms with Crippen LogP contribution in [0, 0.1) is 20.8 Å². The van der Waals surface area contributed by atoms with Crippen molar-refractivity contribution in [2.75, 3.05) is 0 Å². The zero-order valence-corrected chi connectivity index (χ0v) is 10.5. The maximum Gasteiger partial charge on any atom is 0.159 e. The molecule has 17 heavy (non-hydrogen) atoms. The lowest BCUT2D eigenvalue weighted by Gasteiger charge is -2.10. The third-order valence-electron chi connectivity index (χ3n) is 3.01. The van der Waals surface area contributed by atoms with Gasteiger partial charge >= 0.3 is 0 Å². The fraction of sp³-hybridized carbons (Fsp3) is 0.286. The van der Waals surface area contributed by atoms with Crippen LogP contribution in [0.2, 0.25) is 0 Å². The van der Waals surface area contributed by atoms with E-state index >= 15 is 0 Å². The van der Waals surface area contributed by atoms with E-state index in [-0.39, 0.29) is 0 Å². The van der Waals surface area contributed by atoms with Gasteiger partial charge in [-0.3, -0.25) is 0 Å². The Morgan fingerprint density at radius 1 is 1.00 bits per heavy atom. The van der Waals surface area contributed by atoms with Crippen LogP contribution in [0.4, 0.5) is 0 Å². The summed E-state index contributed by atoms with van der Waals surface area (Å²) in [6.07, 6.45) is 0. The van der Waals surface area contributed by atoms with Gasteiger partial charge < -0.3 is 5.73 Å². The highest BCUT2D eigenvalue weighted by Gasteiger charge is 2.09. The molecular formula is C14H17N3. The fourth-order valence-corrected chi connectivity index (χ4v) is 1.98. The summed E-state index contributed by atoms with van der Waals surface area (Å²) >= 11 is 0. The van der Waals surface area contributed by atoms with E-state index < -0.39 is 0 Å². The summed E-state index contributed by atoms with van der Waals surface area (Å²) in [5.74, 6) is 0.787. The van der Waals surface area contributed by atoms with E-state index in [1.165, 1.54) is 5.56 Å². The molecule has 0 radical (unpaired) electrons. The number of rotatable bonds is 2. The van der Waals surface area contributed by atoms with Gasteiger partial charge in [0.1, 0.15) is 0 Å². The van der Waals surface area contributed by atoms with Gasteiger partial charge in [-0.2, -0.15) is 0 Å². The predicted octanol–water partition coefficient (Wildman–Crippen LogP) is 2.53. The first-order valence-electron chi connectivity index (χ1n) is 5.73. The van der Waals surface area contributed by atoms with Crippen LogP contribution in [0.3, 0.4) is 0 Å². The van der Waals surface area contributed by atoms with E-state index in [4.69, 9.17) is 5.73 Å². The lowest BCUT2D eigenvalue weighted by atomic mass is 10.1. The van der Waals surface area contributed by atoms with Gasteiger partial charge in [-0.1, -0.05) is 24.3 Å². The largest absolute Gasteiger partial charge is 0.326 e. The molecule has 0 aliphatic carbocycles. The van der Waals surface area contributed by atoms with E-state index in [9.17, 15) is 0 Å². The Hall–Kier alpha value is -1.74. The average molecular weight is 227 g/mol. The summed E-state index contributed by atoms with van der Waals surface area (Å²) in [6.45, 7) is 6.53. The summed E-state index contributed by atoms with van der Waals surface area (Å²) in [5, 5.41) is 0. The Bertz CT molecular complexity index is 524. The van der Waals surface area contributed by atoms with Crippen LogP contribution in [-0.4, -0.2) is 9.97 Å². The first kappa shape index (κ1) is 11.7. The lowest BCUT2D eigenvalue weighted by Crippen LogP contribution is -2.07. The van der Waals surface area contributed by atoms with E-state index in [0.29, 0.717) is 6.54 Å². The minimum Gasteiger partial charge on any atom is -0.326 e. The van der Waals surface area contributed by atoms with Gasteiger partial charge in [-0.05, 0) is 26.3 Å². The van der Waals surface area contributed by atoms with E-state index in [0.717, 1.165) is 28.3 Å². The summed E-state index contributed by atoms with van der Waals surface area (Å²) < 4.78 is 0. The summed E-state index contributed by atoms with van der Waals surface area (Å²) in [4.78, 5) is 9.09. The van der Waals surface area contributed by atoms with Crippen molar-refractivity contribution in [1.29, 1.82) is 0 Å². The summed E-state index contributed by atoms with van der Waals surface area (Å²) in [6, 6.07) is 8.14. The number of hydrogen-bond donors (Lipinski definition) is 1. The third kappa shape index (κ3) is 2.19. The van der Waals surface area contributed by atoms with Gasteiger partial charge in [0.25, 0.3) is 0 Å². The van der Waals surface area contributed by atoms with Crippen LogP contribution in [0.5, 0.6) is 0 Å². The summed E-state index contributed by atoms with van der Waals surface area (Å²) in [5.41, 5.74) is 10.9. The number of aromatic nitrogens is 2. The lowest BCUT2D eigenvalue weighted by molar-refractivity contribution is 0.938. The molecule has 0 unspecified atom stereocenters. The molecule has 0 atom stereocenters. The zero-order chi connectivity index (χ0) is 12.4. The predicted molar refractivity (Wildman–Crippen MR) is 69.6 cm³/mol. The number of aryl methyl sites for hydroxylation is 3. The standard InChI is InChI=1S/C14H17N3/c1-9-6-4-5-7-12(9)14-16-10(2)13(8-15)11(3)17-14/h4-7H,8,15H2,1-3H3. The van der Waals surface area contributed by atoms with Gasteiger partial charge in [0, 0.05) is 29.1 Å². The molecule has 2 aromatic rings. The highest BCUT2D eigenvalue weighted by Crippen LogP contribution is 2.21. The Kier molecular flexibility index (Phi) is 3.20. The molecule has 0 bridgehead atoms. The van der Waals surface area contributed by atoms with Gasteiger partial charge in [0.05, 0.1) is 0 Å². The Labute approximate surface area is 102 Å². The normalized spacial score (nSPS) is 10.6. The second kappa shape index (κ2) is 4.63. The first-order chi connectivity index (χ1) is 8.13. The molecule has 0 amide bonds. The van der Waals surface area contributed by atoms with Crippen molar-refractivity contribution >= 4 is 0 Å². The highest BCUT2D eigenvalue weighted by molar-refractivity contribution is 5.60. The molecule has 0 aliphatic rings. The van der Waals surface area contributed by atoms with Gasteiger partial charge in [-0.25, -0.2) is 9.97 Å². The molecule has 0 saturated heterocycles. The van der Waals surface area contributed by atoms with Crippen molar-refractivity contribution in [3.63, 3.8) is 0 Å². The summed E-state index contributed by atoms with van der Waals surface area (Å²) in [7, 11) is 0. The smallest absolute Gasteiger partial charge is 0.159 e. The maximum absolute atomic E-state index is 5.69. The minimum absolute atomic E-state index is 0.492. The molecule has 88 valence electrons. The molecule has 3 nitrogen and oxygen atoms in total. The van der Waals surface area contributed by atoms with Crippen LogP contribution in [0.25, 0.3) is 11.4 Å². The molecule has 1 aromatic carbocycles. The zero-order valence-electron chi connectivity index (χ0n) is 10.5. The molecular weight excluding hydrogens is 210 g/mol. The van der Waals surface area contributed by atoms with Crippen molar-refractivity contribution in [3.8, 4) is 11.4 Å². The van der Waals surface area contributed by atoms with Gasteiger partial charge in [0.15, 0.2) is 5.82 Å². The van der Waals surface area contributed by atoms with Crippen LogP contribution in [0.15, 0.2) is 24.3 Å². The monoisotopic (exact) mass is 227 g/mol. The first-order valence-corrected chi connectivity index (χ1v) is 5.73. The molecule has 2 rings (SSSR count). The van der Waals surface area contributed by atoms with Crippen molar-refractivity contribution in [2.45, 2.75) is 27.3 Å². The van der Waals surface area contributed by atoms with Crippen molar-refractivity contribution in [1.82, 2.24) is 9.97 Å². The third-order valence-corrected chi connectivity index (χ3v) is 3.01. The van der Waals surface area contributed by atoms with E-state index in [1.54, 1.807) is 0 Å². The van der Waals surface area contributed by atoms with E-state index in [2.05, 4.69) is 23.0 Å². The average Bonchev–Trinajstić information content (AvgIpc) is 2.29. The molecule has 1 heterocycles. The molecule has 3 heteroatoms. The molecule has 0 saturated carbocycles. The highest BCUT2D eigenvalue weighted by atomic mass is 14.9. The quantitative estimate of drug-likeness (QED) is 0.857. The Balaban J connectivity index is 2.59. The van der Waals surface area contributed by atoms with Crippen molar-refractivity contribution in [2.24, 2.45) is 5.73 Å². The maximum atomic E-state index is 5.69. The molecule has 0 aliphatic heterocycles. The molecule has 0 spiro atoms. The molecule has 2 N–H and O–H groups in total. The van der Waals surface area contributed by atoms with Crippen LogP contribution in [0.1, 0.15) is 22.5 Å². The second-order valence-corrected chi connectivity index (χ2v) is 4.22.